The van der Waals surface area contributed by atoms with Crippen LogP contribution in [0.25, 0.3) is 0 Å². The lowest BCUT2D eigenvalue weighted by Crippen LogP contribution is -3.00. The van der Waals surface area contributed by atoms with Gasteiger partial charge >= 0.3 is 0 Å². The number of aryl methyl sites for hydroxylation is 1. The Hall–Kier alpha value is -0.540. The van der Waals surface area contributed by atoms with Crippen molar-refractivity contribution in [1.82, 2.24) is 4.57 Å². The molecular formula is C19H38ClN3. The van der Waals surface area contributed by atoms with Crippen molar-refractivity contribution >= 4 is 0 Å². The minimum Gasteiger partial charge on any atom is -1.00 e. The minimum absolute atomic E-state index is 0. The summed E-state index contributed by atoms with van der Waals surface area (Å²) >= 11 is 0. The first-order valence-corrected chi connectivity index (χ1v) is 9.51. The quantitative estimate of drug-likeness (QED) is 0.401. The molecule has 136 valence electrons. The first-order valence-electron chi connectivity index (χ1n) is 9.51. The van der Waals surface area contributed by atoms with Gasteiger partial charge in [-0.25, -0.2) is 9.13 Å². The van der Waals surface area contributed by atoms with E-state index in [2.05, 4.69) is 41.7 Å². The second kappa shape index (κ2) is 15.0. The van der Waals surface area contributed by atoms with Crippen molar-refractivity contribution in [2.24, 2.45) is 11.7 Å². The van der Waals surface area contributed by atoms with Crippen LogP contribution in [0.5, 0.6) is 0 Å². The van der Waals surface area contributed by atoms with Crippen LogP contribution >= 0.6 is 0 Å². The maximum absolute atomic E-state index is 5.56. The fourth-order valence-corrected chi connectivity index (χ4v) is 3.03. The second-order valence-electron chi connectivity index (χ2n) is 6.86. The SMILES string of the molecule is CCCCCCCCCCC(C)C[n+]1ccn(CCCN)c1.[Cl-]. The molecule has 0 bridgehead atoms. The number of nitrogens with two attached hydrogens (primary N) is 1. The Morgan fingerprint density at radius 2 is 1.65 bits per heavy atom. The van der Waals surface area contributed by atoms with E-state index in [0.717, 1.165) is 32.0 Å². The van der Waals surface area contributed by atoms with Gasteiger partial charge in [-0.05, 0) is 25.3 Å². The van der Waals surface area contributed by atoms with Gasteiger partial charge in [-0.2, -0.15) is 0 Å². The molecule has 0 aromatic carbocycles. The Morgan fingerprint density at radius 1 is 1.00 bits per heavy atom. The summed E-state index contributed by atoms with van der Waals surface area (Å²) in [5, 5.41) is 0. The normalized spacial score (nSPS) is 12.1. The number of unbranched alkanes of at least 4 members (excludes halogenated alkanes) is 7. The van der Waals surface area contributed by atoms with Crippen LogP contribution in [0.1, 0.15) is 78.1 Å². The molecule has 2 N–H and O–H groups in total. The van der Waals surface area contributed by atoms with Crippen molar-refractivity contribution in [3.8, 4) is 0 Å². The lowest BCUT2D eigenvalue weighted by Gasteiger charge is -2.08. The highest BCUT2D eigenvalue weighted by molar-refractivity contribution is 4.66. The van der Waals surface area contributed by atoms with Gasteiger partial charge in [0.25, 0.3) is 0 Å². The number of halogens is 1. The number of imidazole rings is 1. The van der Waals surface area contributed by atoms with Crippen LogP contribution in [-0.2, 0) is 13.1 Å². The van der Waals surface area contributed by atoms with E-state index in [0.29, 0.717) is 0 Å². The van der Waals surface area contributed by atoms with Crippen LogP contribution in [0.15, 0.2) is 18.7 Å². The van der Waals surface area contributed by atoms with Gasteiger partial charge in [0.15, 0.2) is 0 Å². The van der Waals surface area contributed by atoms with Crippen LogP contribution < -0.4 is 22.7 Å². The van der Waals surface area contributed by atoms with E-state index in [-0.39, 0.29) is 12.4 Å². The third kappa shape index (κ3) is 11.6. The average Bonchev–Trinajstić information content (AvgIpc) is 2.95. The van der Waals surface area contributed by atoms with E-state index < -0.39 is 0 Å². The van der Waals surface area contributed by atoms with Crippen LogP contribution in [0, 0.1) is 5.92 Å². The third-order valence-corrected chi connectivity index (χ3v) is 4.44. The summed E-state index contributed by atoms with van der Waals surface area (Å²) in [5.74, 6) is 0.774. The van der Waals surface area contributed by atoms with Crippen molar-refractivity contribution in [1.29, 1.82) is 0 Å². The maximum Gasteiger partial charge on any atom is 0.243 e. The maximum atomic E-state index is 5.56. The molecule has 4 heteroatoms. The fraction of sp³-hybridized carbons (Fsp3) is 0.842. The highest BCUT2D eigenvalue weighted by Crippen LogP contribution is 2.13. The standard InChI is InChI=1S/C19H38N3.ClH/c1-3-4-5-6-7-8-9-10-12-19(2)17-22-16-15-21(18-22)14-11-13-20;/h15-16,18-19H,3-14,17,20H2,1-2H3;1H/q+1;/p-1. The predicted octanol–water partition coefficient (Wildman–Crippen LogP) is 1.30. The highest BCUT2D eigenvalue weighted by Gasteiger charge is 2.08. The molecule has 0 fully saturated rings. The van der Waals surface area contributed by atoms with Crippen LogP contribution in [0.4, 0.5) is 0 Å². The minimum atomic E-state index is 0. The van der Waals surface area contributed by atoms with Gasteiger partial charge in [0.1, 0.15) is 12.4 Å². The monoisotopic (exact) mass is 343 g/mol. The molecule has 1 aromatic heterocycles. The van der Waals surface area contributed by atoms with E-state index in [9.17, 15) is 0 Å². The van der Waals surface area contributed by atoms with Gasteiger partial charge in [0, 0.05) is 0 Å². The van der Waals surface area contributed by atoms with Crippen LogP contribution in [0.3, 0.4) is 0 Å². The zero-order valence-electron chi connectivity index (χ0n) is 15.4. The van der Waals surface area contributed by atoms with Crippen molar-refractivity contribution < 1.29 is 17.0 Å². The largest absolute Gasteiger partial charge is 1.00 e. The van der Waals surface area contributed by atoms with E-state index in [1.54, 1.807) is 0 Å². The van der Waals surface area contributed by atoms with Gasteiger partial charge in [0.2, 0.25) is 6.33 Å². The summed E-state index contributed by atoms with van der Waals surface area (Å²) in [6.07, 6.45) is 20.3. The van der Waals surface area contributed by atoms with E-state index >= 15 is 0 Å². The summed E-state index contributed by atoms with van der Waals surface area (Å²) in [6, 6.07) is 0. The number of rotatable bonds is 14. The first-order chi connectivity index (χ1) is 10.8. The third-order valence-electron chi connectivity index (χ3n) is 4.44. The molecule has 0 radical (unpaired) electrons. The Morgan fingerprint density at radius 3 is 2.30 bits per heavy atom. The number of nitrogens with zero attached hydrogens (tertiary/aromatic N) is 2. The van der Waals surface area contributed by atoms with Crippen LogP contribution in [-0.4, -0.2) is 11.1 Å². The second-order valence-corrected chi connectivity index (χ2v) is 6.86. The molecule has 0 amide bonds. The van der Waals surface area contributed by atoms with E-state index in [1.165, 1.54) is 57.8 Å². The summed E-state index contributed by atoms with van der Waals surface area (Å²) in [7, 11) is 0. The average molecular weight is 344 g/mol. The fourth-order valence-electron chi connectivity index (χ4n) is 3.03. The van der Waals surface area contributed by atoms with E-state index in [4.69, 9.17) is 5.73 Å². The molecule has 3 nitrogen and oxygen atoms in total. The summed E-state index contributed by atoms with van der Waals surface area (Å²) in [5.41, 5.74) is 5.56. The predicted molar refractivity (Wildman–Crippen MR) is 94.7 cm³/mol. The molecule has 0 saturated carbocycles. The zero-order valence-corrected chi connectivity index (χ0v) is 16.1. The van der Waals surface area contributed by atoms with Crippen molar-refractivity contribution in [3.63, 3.8) is 0 Å². The number of hydrogen-bond acceptors (Lipinski definition) is 1. The molecule has 1 heterocycles. The smallest absolute Gasteiger partial charge is 0.243 e. The molecule has 0 saturated heterocycles. The Bertz CT molecular complexity index is 365. The van der Waals surface area contributed by atoms with Gasteiger partial charge in [-0.3, -0.25) is 0 Å². The summed E-state index contributed by atoms with van der Waals surface area (Å²) in [4.78, 5) is 0. The molecular weight excluding hydrogens is 306 g/mol. The molecule has 0 spiro atoms. The molecule has 0 aliphatic rings. The molecule has 23 heavy (non-hydrogen) atoms. The van der Waals surface area contributed by atoms with E-state index in [1.807, 2.05) is 0 Å². The molecule has 1 atom stereocenters. The first kappa shape index (κ1) is 22.5. The lowest BCUT2D eigenvalue weighted by molar-refractivity contribution is -0.702. The molecule has 0 aliphatic heterocycles. The highest BCUT2D eigenvalue weighted by atomic mass is 35.5. The van der Waals surface area contributed by atoms with Gasteiger partial charge in [0.05, 0.1) is 13.1 Å². The molecule has 0 aliphatic carbocycles. The van der Waals surface area contributed by atoms with Gasteiger partial charge in [-0.15, -0.1) is 0 Å². The Kier molecular flexibility index (Phi) is 14.7. The van der Waals surface area contributed by atoms with Crippen LogP contribution in [0.2, 0.25) is 0 Å². The zero-order chi connectivity index (χ0) is 16.0. The molecule has 1 rings (SSSR count). The van der Waals surface area contributed by atoms with Crippen molar-refractivity contribution in [3.05, 3.63) is 18.7 Å². The number of hydrogen-bond donors (Lipinski definition) is 1. The number of aromatic nitrogens is 2. The molecule has 1 unspecified atom stereocenters. The Labute approximate surface area is 150 Å². The van der Waals surface area contributed by atoms with Gasteiger partial charge in [-0.1, -0.05) is 65.2 Å². The van der Waals surface area contributed by atoms with Crippen molar-refractivity contribution in [2.45, 2.75) is 91.1 Å². The lowest BCUT2D eigenvalue weighted by atomic mass is 10.0. The Balaban J connectivity index is 0.00000484. The summed E-state index contributed by atoms with van der Waals surface area (Å²) < 4.78 is 4.57. The summed E-state index contributed by atoms with van der Waals surface area (Å²) in [6.45, 7) is 7.62. The van der Waals surface area contributed by atoms with Crippen molar-refractivity contribution in [2.75, 3.05) is 6.54 Å². The van der Waals surface area contributed by atoms with Gasteiger partial charge < -0.3 is 18.1 Å². The molecule has 1 aromatic rings. The topological polar surface area (TPSA) is 34.8 Å².